The minimum Gasteiger partial charge on any atom is -0.368 e. The van der Waals surface area contributed by atoms with Gasteiger partial charge in [0.25, 0.3) is 0 Å². The number of ether oxygens (including phenoxy) is 5. The first-order valence-electron chi connectivity index (χ1n) is 13.3. The highest BCUT2D eigenvalue weighted by Crippen LogP contribution is 2.41. The third-order valence-electron chi connectivity index (χ3n) is 6.92. The van der Waals surface area contributed by atoms with Crippen LogP contribution in [0.15, 0.2) is 126 Å². The standard InChI is InChI=1S/C33H32O5S/c1-5-13-24(14-6-1)21-34-30-29-28(23-36-32(38-29)26-17-9-3-10-18-26)37-33(39-27-19-11-4-12-20-27)31(30)35-22-25-15-7-2-8-16-25/h1-20,28-33H,21-23H2/t28-,29-,30+,31-,32?,33+/m1/s1. The first-order valence-corrected chi connectivity index (χ1v) is 14.2. The Morgan fingerprint density at radius 1 is 0.615 bits per heavy atom. The van der Waals surface area contributed by atoms with Crippen molar-refractivity contribution in [2.45, 2.75) is 54.3 Å². The molecule has 6 atom stereocenters. The summed E-state index contributed by atoms with van der Waals surface area (Å²) >= 11 is 1.65. The molecule has 0 bridgehead atoms. The van der Waals surface area contributed by atoms with Gasteiger partial charge in [-0.05, 0) is 23.3 Å². The zero-order valence-electron chi connectivity index (χ0n) is 21.6. The van der Waals surface area contributed by atoms with E-state index in [4.69, 9.17) is 23.7 Å². The molecule has 6 heteroatoms. The second-order valence-electron chi connectivity index (χ2n) is 9.67. The van der Waals surface area contributed by atoms with E-state index in [9.17, 15) is 0 Å². The molecule has 2 aliphatic heterocycles. The topological polar surface area (TPSA) is 46.2 Å². The summed E-state index contributed by atoms with van der Waals surface area (Å²) in [5.41, 5.74) is 2.86. The zero-order chi connectivity index (χ0) is 26.3. The van der Waals surface area contributed by atoms with Gasteiger partial charge in [0.1, 0.15) is 29.9 Å². The van der Waals surface area contributed by atoms with Gasteiger partial charge in [0.05, 0.1) is 19.8 Å². The smallest absolute Gasteiger partial charge is 0.184 e. The van der Waals surface area contributed by atoms with Crippen LogP contribution in [0.25, 0.3) is 0 Å². The molecule has 0 amide bonds. The Balaban J connectivity index is 1.30. The van der Waals surface area contributed by atoms with Gasteiger partial charge in [0.2, 0.25) is 0 Å². The largest absolute Gasteiger partial charge is 0.368 e. The first-order chi connectivity index (χ1) is 19.3. The Bertz CT molecular complexity index is 1270. The van der Waals surface area contributed by atoms with Crippen LogP contribution in [0, 0.1) is 0 Å². The molecule has 0 aromatic heterocycles. The van der Waals surface area contributed by atoms with Gasteiger partial charge in [-0.3, -0.25) is 0 Å². The van der Waals surface area contributed by atoms with E-state index in [1.807, 2.05) is 84.9 Å². The molecule has 0 N–H and O–H groups in total. The first kappa shape index (κ1) is 26.3. The van der Waals surface area contributed by atoms with Crippen molar-refractivity contribution in [2.24, 2.45) is 0 Å². The summed E-state index contributed by atoms with van der Waals surface area (Å²) in [5, 5.41) is 0. The van der Waals surface area contributed by atoms with Gasteiger partial charge >= 0.3 is 0 Å². The van der Waals surface area contributed by atoms with Crippen molar-refractivity contribution >= 4 is 11.8 Å². The highest BCUT2D eigenvalue weighted by molar-refractivity contribution is 7.99. The maximum absolute atomic E-state index is 6.69. The molecule has 5 nitrogen and oxygen atoms in total. The maximum atomic E-state index is 6.69. The molecule has 0 radical (unpaired) electrons. The quantitative estimate of drug-likeness (QED) is 0.233. The highest BCUT2D eigenvalue weighted by Gasteiger charge is 2.51. The molecule has 2 aliphatic rings. The second-order valence-corrected chi connectivity index (χ2v) is 10.8. The summed E-state index contributed by atoms with van der Waals surface area (Å²) in [5.74, 6) is 0. The van der Waals surface area contributed by atoms with E-state index in [2.05, 4.69) is 36.4 Å². The van der Waals surface area contributed by atoms with Gasteiger partial charge in [0, 0.05) is 10.5 Å². The Hall–Kier alpha value is -2.97. The monoisotopic (exact) mass is 540 g/mol. The third kappa shape index (κ3) is 6.61. The van der Waals surface area contributed by atoms with Crippen molar-refractivity contribution in [1.82, 2.24) is 0 Å². The molecule has 200 valence electrons. The summed E-state index contributed by atoms with van der Waals surface area (Å²) < 4.78 is 32.8. The van der Waals surface area contributed by atoms with E-state index >= 15 is 0 Å². The Morgan fingerprint density at radius 3 is 1.77 bits per heavy atom. The van der Waals surface area contributed by atoms with E-state index in [1.54, 1.807) is 11.8 Å². The number of hydrogen-bond donors (Lipinski definition) is 0. The molecule has 6 rings (SSSR count). The fourth-order valence-corrected chi connectivity index (χ4v) is 6.10. The molecular formula is C33H32O5S. The fraction of sp³-hybridized carbons (Fsp3) is 0.273. The highest BCUT2D eigenvalue weighted by atomic mass is 32.2. The van der Waals surface area contributed by atoms with Gasteiger partial charge < -0.3 is 23.7 Å². The van der Waals surface area contributed by atoms with E-state index < -0.39 is 6.29 Å². The lowest BCUT2D eigenvalue weighted by atomic mass is 9.98. The molecule has 4 aromatic rings. The molecule has 1 unspecified atom stereocenters. The van der Waals surface area contributed by atoms with E-state index in [1.165, 1.54) is 0 Å². The van der Waals surface area contributed by atoms with Gasteiger partial charge in [-0.2, -0.15) is 0 Å². The van der Waals surface area contributed by atoms with Crippen molar-refractivity contribution < 1.29 is 23.7 Å². The lowest BCUT2D eigenvalue weighted by Crippen LogP contribution is -2.62. The zero-order valence-corrected chi connectivity index (χ0v) is 22.4. The van der Waals surface area contributed by atoms with Crippen LogP contribution in [0.2, 0.25) is 0 Å². The van der Waals surface area contributed by atoms with Crippen LogP contribution in [0.5, 0.6) is 0 Å². The molecular weight excluding hydrogens is 508 g/mol. The average Bonchev–Trinajstić information content (AvgIpc) is 3.01. The summed E-state index contributed by atoms with van der Waals surface area (Å²) in [6.07, 6.45) is -1.89. The number of thioether (sulfide) groups is 1. The Morgan fingerprint density at radius 2 is 1.15 bits per heavy atom. The number of rotatable bonds is 9. The minimum absolute atomic E-state index is 0.288. The second kappa shape index (κ2) is 12.9. The van der Waals surface area contributed by atoms with Gasteiger partial charge in [-0.1, -0.05) is 121 Å². The molecule has 2 fully saturated rings. The average molecular weight is 541 g/mol. The van der Waals surface area contributed by atoms with Crippen LogP contribution >= 0.6 is 11.8 Å². The third-order valence-corrected chi connectivity index (χ3v) is 8.08. The Labute approximate surface area is 234 Å². The van der Waals surface area contributed by atoms with E-state index in [0.29, 0.717) is 19.8 Å². The molecule has 0 saturated carbocycles. The number of fused-ring (bicyclic) bond motifs is 1. The SMILES string of the molecule is c1ccc(CO[C@@H]2[C@@H](OCc3ccccc3)[C@H](Sc3ccccc3)O[C@@H]3COC(c4ccccc4)O[C@@H]23)cc1. The maximum Gasteiger partial charge on any atom is 0.184 e. The Kier molecular flexibility index (Phi) is 8.70. The van der Waals surface area contributed by atoms with E-state index in [0.717, 1.165) is 21.6 Å². The normalized spacial score (nSPS) is 26.6. The van der Waals surface area contributed by atoms with Crippen LogP contribution < -0.4 is 0 Å². The molecule has 0 spiro atoms. The van der Waals surface area contributed by atoms with Crippen molar-refractivity contribution in [3.63, 3.8) is 0 Å². The van der Waals surface area contributed by atoms with Crippen LogP contribution in [0.3, 0.4) is 0 Å². The van der Waals surface area contributed by atoms with Crippen molar-refractivity contribution in [2.75, 3.05) is 6.61 Å². The molecule has 4 aromatic carbocycles. The van der Waals surface area contributed by atoms with Crippen molar-refractivity contribution in [3.05, 3.63) is 138 Å². The van der Waals surface area contributed by atoms with Gasteiger partial charge in [0.15, 0.2) is 6.29 Å². The molecule has 2 heterocycles. The number of benzene rings is 4. The van der Waals surface area contributed by atoms with Gasteiger partial charge in [-0.15, -0.1) is 0 Å². The summed E-state index contributed by atoms with van der Waals surface area (Å²) in [6.45, 7) is 1.30. The van der Waals surface area contributed by atoms with Crippen LogP contribution in [-0.2, 0) is 36.9 Å². The van der Waals surface area contributed by atoms with E-state index in [-0.39, 0.29) is 29.9 Å². The van der Waals surface area contributed by atoms with Crippen LogP contribution in [0.1, 0.15) is 23.0 Å². The molecule has 2 saturated heterocycles. The fourth-order valence-electron chi connectivity index (χ4n) is 4.95. The molecule has 0 aliphatic carbocycles. The van der Waals surface area contributed by atoms with Crippen molar-refractivity contribution in [1.29, 1.82) is 0 Å². The summed E-state index contributed by atoms with van der Waals surface area (Å²) in [7, 11) is 0. The summed E-state index contributed by atoms with van der Waals surface area (Å²) in [4.78, 5) is 1.11. The van der Waals surface area contributed by atoms with Crippen molar-refractivity contribution in [3.8, 4) is 0 Å². The van der Waals surface area contributed by atoms with Crippen LogP contribution in [-0.4, -0.2) is 36.5 Å². The summed E-state index contributed by atoms with van der Waals surface area (Å²) in [6, 6.07) is 40.7. The van der Waals surface area contributed by atoms with Gasteiger partial charge in [-0.25, -0.2) is 0 Å². The lowest BCUT2D eigenvalue weighted by molar-refractivity contribution is -0.329. The molecule has 39 heavy (non-hydrogen) atoms. The predicted molar refractivity (Wildman–Crippen MR) is 151 cm³/mol. The van der Waals surface area contributed by atoms with Crippen LogP contribution in [0.4, 0.5) is 0 Å². The lowest BCUT2D eigenvalue weighted by Gasteiger charge is -2.49. The number of hydrogen-bond acceptors (Lipinski definition) is 6. The predicted octanol–water partition coefficient (Wildman–Crippen LogP) is 6.79. The minimum atomic E-state index is -0.494.